The minimum atomic E-state index is -1.08. The van der Waals surface area contributed by atoms with Gasteiger partial charge in [0.1, 0.15) is 12.1 Å². The van der Waals surface area contributed by atoms with E-state index in [1.54, 1.807) is 6.92 Å². The van der Waals surface area contributed by atoms with Crippen molar-refractivity contribution in [3.8, 4) is 6.07 Å². The summed E-state index contributed by atoms with van der Waals surface area (Å²) in [4.78, 5) is 24.8. The van der Waals surface area contributed by atoms with Crippen molar-refractivity contribution in [1.29, 1.82) is 5.26 Å². The van der Waals surface area contributed by atoms with Gasteiger partial charge in [0.05, 0.1) is 6.07 Å². The van der Waals surface area contributed by atoms with Crippen LogP contribution in [-0.2, 0) is 10.3 Å². The van der Waals surface area contributed by atoms with Crippen molar-refractivity contribution in [1.82, 2.24) is 10.2 Å². The van der Waals surface area contributed by atoms with E-state index in [9.17, 15) is 9.59 Å². The molecule has 1 fully saturated rings. The van der Waals surface area contributed by atoms with Gasteiger partial charge in [0.2, 0.25) is 0 Å². The van der Waals surface area contributed by atoms with Gasteiger partial charge in [0.25, 0.3) is 5.91 Å². The lowest BCUT2D eigenvalue weighted by Gasteiger charge is -2.21. The third kappa shape index (κ3) is 1.72. The van der Waals surface area contributed by atoms with E-state index in [-0.39, 0.29) is 6.54 Å². The third-order valence-corrected chi connectivity index (χ3v) is 3.13. The van der Waals surface area contributed by atoms with Crippen LogP contribution in [0.1, 0.15) is 18.1 Å². The summed E-state index contributed by atoms with van der Waals surface area (Å²) in [5, 5.41) is 11.3. The molecule has 1 aromatic carbocycles. The van der Waals surface area contributed by atoms with Gasteiger partial charge >= 0.3 is 6.03 Å². The molecule has 1 aliphatic heterocycles. The highest BCUT2D eigenvalue weighted by atomic mass is 16.2. The van der Waals surface area contributed by atoms with Gasteiger partial charge in [-0.25, -0.2) is 9.69 Å². The lowest BCUT2D eigenvalue weighted by molar-refractivity contribution is -0.130. The van der Waals surface area contributed by atoms with Gasteiger partial charge in [-0.05, 0) is 19.4 Å². The number of nitriles is 1. The van der Waals surface area contributed by atoms with E-state index in [4.69, 9.17) is 5.26 Å². The standard InChI is InChI=1S/C13H13N3O2/c1-9-3-5-10(6-4-9)13(2)11(17)16(8-7-14)12(18)15-13/h3-6H,8H2,1-2H3,(H,15,18)/t13-/m1/s1. The van der Waals surface area contributed by atoms with Crippen molar-refractivity contribution < 1.29 is 9.59 Å². The first-order valence-corrected chi connectivity index (χ1v) is 5.57. The zero-order valence-corrected chi connectivity index (χ0v) is 10.2. The van der Waals surface area contributed by atoms with E-state index in [1.807, 2.05) is 37.3 Å². The number of imide groups is 1. The van der Waals surface area contributed by atoms with Gasteiger partial charge in [0, 0.05) is 0 Å². The van der Waals surface area contributed by atoms with Gasteiger partial charge in [-0.3, -0.25) is 4.79 Å². The van der Waals surface area contributed by atoms with Crippen LogP contribution < -0.4 is 5.32 Å². The summed E-state index contributed by atoms with van der Waals surface area (Å²) in [6, 6.07) is 8.67. The van der Waals surface area contributed by atoms with Crippen LogP contribution in [-0.4, -0.2) is 23.4 Å². The van der Waals surface area contributed by atoms with Gasteiger partial charge in [0.15, 0.2) is 0 Å². The summed E-state index contributed by atoms with van der Waals surface area (Å²) in [5.41, 5.74) is 0.710. The first-order valence-electron chi connectivity index (χ1n) is 5.57. The maximum atomic E-state index is 12.2. The summed E-state index contributed by atoms with van der Waals surface area (Å²) in [7, 11) is 0. The Morgan fingerprint density at radius 1 is 1.33 bits per heavy atom. The minimum absolute atomic E-state index is 0.230. The van der Waals surface area contributed by atoms with Crippen molar-refractivity contribution >= 4 is 11.9 Å². The van der Waals surface area contributed by atoms with Gasteiger partial charge < -0.3 is 5.32 Å². The Morgan fingerprint density at radius 2 is 1.94 bits per heavy atom. The van der Waals surface area contributed by atoms with E-state index >= 15 is 0 Å². The first-order chi connectivity index (χ1) is 8.49. The molecule has 0 aliphatic carbocycles. The molecule has 2 rings (SSSR count). The van der Waals surface area contributed by atoms with E-state index in [0.717, 1.165) is 10.5 Å². The second-order valence-electron chi connectivity index (χ2n) is 4.47. The molecular formula is C13H13N3O2. The second-order valence-corrected chi connectivity index (χ2v) is 4.47. The van der Waals surface area contributed by atoms with Crippen LogP contribution in [0.5, 0.6) is 0 Å². The number of urea groups is 1. The van der Waals surface area contributed by atoms with Crippen molar-refractivity contribution in [3.05, 3.63) is 35.4 Å². The molecule has 0 bridgehead atoms. The SMILES string of the molecule is Cc1ccc([C@@]2(C)NC(=O)N(CC#N)C2=O)cc1. The monoisotopic (exact) mass is 243 g/mol. The number of nitrogens with one attached hydrogen (secondary N) is 1. The summed E-state index contributed by atoms with van der Waals surface area (Å²) in [5.74, 6) is -0.391. The molecule has 0 aromatic heterocycles. The molecule has 1 aromatic rings. The number of hydrogen-bond acceptors (Lipinski definition) is 3. The molecule has 1 aliphatic rings. The molecular weight excluding hydrogens is 230 g/mol. The van der Waals surface area contributed by atoms with Crippen LogP contribution in [0.25, 0.3) is 0 Å². The Labute approximate surface area is 105 Å². The molecule has 0 saturated carbocycles. The molecule has 0 spiro atoms. The highest BCUT2D eigenvalue weighted by Gasteiger charge is 2.48. The number of carbonyl (C=O) groups is 2. The first kappa shape index (κ1) is 12.1. The fourth-order valence-corrected chi connectivity index (χ4v) is 1.99. The van der Waals surface area contributed by atoms with Gasteiger partial charge in [-0.1, -0.05) is 29.8 Å². The normalized spacial score (nSPS) is 22.8. The molecule has 18 heavy (non-hydrogen) atoms. The summed E-state index contributed by atoms with van der Waals surface area (Å²) < 4.78 is 0. The molecule has 5 nitrogen and oxygen atoms in total. The fourth-order valence-electron chi connectivity index (χ4n) is 1.99. The Balaban J connectivity index is 2.39. The number of benzene rings is 1. The predicted molar refractivity (Wildman–Crippen MR) is 64.4 cm³/mol. The molecule has 3 amide bonds. The number of amides is 3. The average molecular weight is 243 g/mol. The van der Waals surface area contributed by atoms with Crippen molar-refractivity contribution in [3.63, 3.8) is 0 Å². The number of hydrogen-bond donors (Lipinski definition) is 1. The Hall–Kier alpha value is -2.35. The van der Waals surface area contributed by atoms with Crippen LogP contribution in [0, 0.1) is 18.3 Å². The lowest BCUT2D eigenvalue weighted by atomic mass is 9.91. The van der Waals surface area contributed by atoms with E-state index in [1.165, 1.54) is 0 Å². The molecule has 0 radical (unpaired) electrons. The summed E-state index contributed by atoms with van der Waals surface area (Å²) >= 11 is 0. The Kier molecular flexibility index (Phi) is 2.79. The van der Waals surface area contributed by atoms with Crippen molar-refractivity contribution in [2.24, 2.45) is 0 Å². The molecule has 1 atom stereocenters. The van der Waals surface area contributed by atoms with Crippen LogP contribution in [0.2, 0.25) is 0 Å². The smallest absolute Gasteiger partial charge is 0.319 e. The zero-order valence-electron chi connectivity index (χ0n) is 10.2. The minimum Gasteiger partial charge on any atom is -0.319 e. The Morgan fingerprint density at radius 3 is 2.50 bits per heavy atom. The van der Waals surface area contributed by atoms with Crippen LogP contribution >= 0.6 is 0 Å². The largest absolute Gasteiger partial charge is 0.326 e. The fraction of sp³-hybridized carbons (Fsp3) is 0.308. The number of aryl methyl sites for hydroxylation is 1. The zero-order chi connectivity index (χ0) is 13.3. The maximum Gasteiger partial charge on any atom is 0.326 e. The van der Waals surface area contributed by atoms with Gasteiger partial charge in [-0.15, -0.1) is 0 Å². The topological polar surface area (TPSA) is 73.2 Å². The molecule has 92 valence electrons. The highest BCUT2D eigenvalue weighted by molar-refractivity contribution is 6.07. The lowest BCUT2D eigenvalue weighted by Crippen LogP contribution is -2.40. The van der Waals surface area contributed by atoms with Crippen molar-refractivity contribution in [2.75, 3.05) is 6.54 Å². The number of nitrogens with zero attached hydrogens (tertiary/aromatic N) is 2. The summed E-state index contributed by atoms with van der Waals surface area (Å²) in [6.45, 7) is 3.37. The second kappa shape index (κ2) is 4.15. The maximum absolute atomic E-state index is 12.2. The number of carbonyl (C=O) groups excluding carboxylic acids is 2. The van der Waals surface area contributed by atoms with E-state index < -0.39 is 17.5 Å². The molecule has 1 saturated heterocycles. The van der Waals surface area contributed by atoms with Crippen LogP contribution in [0.15, 0.2) is 24.3 Å². The Bertz CT molecular complexity index is 544. The van der Waals surface area contributed by atoms with E-state index in [2.05, 4.69) is 5.32 Å². The molecule has 1 heterocycles. The van der Waals surface area contributed by atoms with Crippen LogP contribution in [0.4, 0.5) is 4.79 Å². The predicted octanol–water partition coefficient (Wildman–Crippen LogP) is 1.29. The molecule has 0 unspecified atom stereocenters. The number of rotatable bonds is 2. The average Bonchev–Trinajstić information content (AvgIpc) is 2.55. The van der Waals surface area contributed by atoms with Gasteiger partial charge in [-0.2, -0.15) is 5.26 Å². The summed E-state index contributed by atoms with van der Waals surface area (Å²) in [6.07, 6.45) is 0. The molecule has 5 heteroatoms. The molecule has 1 N–H and O–H groups in total. The van der Waals surface area contributed by atoms with Crippen molar-refractivity contribution in [2.45, 2.75) is 19.4 Å². The third-order valence-electron chi connectivity index (χ3n) is 3.13. The van der Waals surface area contributed by atoms with E-state index in [0.29, 0.717) is 5.56 Å². The quantitative estimate of drug-likeness (QED) is 0.628. The highest BCUT2D eigenvalue weighted by Crippen LogP contribution is 2.28. The van der Waals surface area contributed by atoms with Crippen LogP contribution in [0.3, 0.4) is 0 Å².